The largest absolute Gasteiger partial charge is 0.412 e. The van der Waals surface area contributed by atoms with Crippen LogP contribution in [0.15, 0.2) is 54.6 Å². The van der Waals surface area contributed by atoms with Crippen molar-refractivity contribution in [2.24, 2.45) is 0 Å². The maximum absolute atomic E-state index is 6.35. The number of hydrogen-bond acceptors (Lipinski definition) is 1. The average molecular weight is 289 g/mol. The molecule has 0 fully saturated rings. The van der Waals surface area contributed by atoms with Crippen LogP contribution in [-0.4, -0.2) is 14.9 Å². The molecule has 0 bridgehead atoms. The second kappa shape index (κ2) is 9.73. The second-order valence-electron chi connectivity index (χ2n) is 4.96. The highest BCUT2D eigenvalue weighted by molar-refractivity contribution is 6.87. The van der Waals surface area contributed by atoms with Crippen molar-refractivity contribution in [3.05, 3.63) is 54.6 Å². The lowest BCUT2D eigenvalue weighted by Gasteiger charge is -2.29. The van der Waals surface area contributed by atoms with Gasteiger partial charge < -0.3 is 4.43 Å². The van der Waals surface area contributed by atoms with E-state index in [0.29, 0.717) is 0 Å². The third-order valence-corrected chi connectivity index (χ3v) is 7.44. The topological polar surface area (TPSA) is 9.23 Å². The van der Waals surface area contributed by atoms with Crippen LogP contribution in [0.2, 0.25) is 12.1 Å². The van der Waals surface area contributed by atoms with E-state index >= 15 is 0 Å². The average Bonchev–Trinajstić information content (AvgIpc) is 2.48. The van der Waals surface area contributed by atoms with Gasteiger partial charge in [-0.3, -0.25) is 0 Å². The fourth-order valence-corrected chi connectivity index (χ4v) is 5.91. The van der Waals surface area contributed by atoms with E-state index in [1.54, 1.807) is 0 Å². The molecule has 0 radical (unpaired) electrons. The van der Waals surface area contributed by atoms with Crippen LogP contribution in [-0.2, 0) is 4.43 Å². The van der Waals surface area contributed by atoms with Crippen molar-refractivity contribution in [1.82, 2.24) is 0 Å². The lowest BCUT2D eigenvalue weighted by atomic mass is 10.4. The monoisotopic (exact) mass is 288 g/mol. The molecule has 2 heteroatoms. The molecular weight excluding hydrogens is 260 g/mol. The zero-order valence-electron chi connectivity index (χ0n) is 13.1. The lowest BCUT2D eigenvalue weighted by molar-refractivity contribution is 0.333. The minimum absolute atomic E-state index is 0.793. The van der Waals surface area contributed by atoms with Gasteiger partial charge in [0.25, 0.3) is 0 Å². The summed E-state index contributed by atoms with van der Waals surface area (Å²) in [6, 6.07) is 12.9. The third-order valence-electron chi connectivity index (χ3n) is 3.42. The fraction of sp³-hybridized carbons (Fsp3) is 0.444. The van der Waals surface area contributed by atoms with Gasteiger partial charge in [-0.05, 0) is 37.0 Å². The van der Waals surface area contributed by atoms with E-state index in [0.717, 1.165) is 31.5 Å². The van der Waals surface area contributed by atoms with Crippen LogP contribution in [0.5, 0.6) is 0 Å². The van der Waals surface area contributed by atoms with Gasteiger partial charge in [-0.25, -0.2) is 0 Å². The number of allylic oxidation sites excluding steroid dienone is 4. The molecule has 0 aromatic heterocycles. The number of hydrogen-bond donors (Lipinski definition) is 0. The Morgan fingerprint density at radius 1 is 0.850 bits per heavy atom. The molecule has 0 spiro atoms. The van der Waals surface area contributed by atoms with Crippen molar-refractivity contribution in [2.75, 3.05) is 6.61 Å². The molecule has 110 valence electrons. The summed E-state index contributed by atoms with van der Waals surface area (Å²) in [6.45, 7) is 7.26. The van der Waals surface area contributed by atoms with Crippen LogP contribution in [0.3, 0.4) is 0 Å². The molecule has 0 atom stereocenters. The predicted molar refractivity (Wildman–Crippen MR) is 91.9 cm³/mol. The summed E-state index contributed by atoms with van der Waals surface area (Å²) in [5.41, 5.74) is 0. The standard InChI is InChI=1S/C18H28OSi/c1-4-7-12-16-20(19-6-3,17-13-8-5-2)18-14-10-9-11-15-18/h7-15H,4-6,16-17H2,1-3H3/b12-7+,13-8+. The highest BCUT2D eigenvalue weighted by Crippen LogP contribution is 2.20. The van der Waals surface area contributed by atoms with E-state index in [1.165, 1.54) is 5.19 Å². The maximum atomic E-state index is 6.35. The molecule has 1 rings (SSSR count). The van der Waals surface area contributed by atoms with E-state index in [9.17, 15) is 0 Å². The summed E-state index contributed by atoms with van der Waals surface area (Å²) in [5.74, 6) is 0. The van der Waals surface area contributed by atoms with Gasteiger partial charge in [-0.15, -0.1) is 0 Å². The molecule has 0 unspecified atom stereocenters. The predicted octanol–water partition coefficient (Wildman–Crippen LogP) is 4.81. The van der Waals surface area contributed by atoms with E-state index < -0.39 is 8.32 Å². The van der Waals surface area contributed by atoms with Gasteiger partial charge in [0.2, 0.25) is 8.32 Å². The van der Waals surface area contributed by atoms with Gasteiger partial charge in [0.1, 0.15) is 0 Å². The Balaban J connectivity index is 3.04. The summed E-state index contributed by atoms with van der Waals surface area (Å²) in [7, 11) is -1.92. The van der Waals surface area contributed by atoms with Crippen LogP contribution in [0.1, 0.15) is 33.6 Å². The molecule has 0 saturated carbocycles. The number of rotatable bonds is 9. The van der Waals surface area contributed by atoms with Crippen molar-refractivity contribution >= 4 is 13.5 Å². The lowest BCUT2D eigenvalue weighted by Crippen LogP contribution is -2.50. The molecular formula is C18H28OSi. The van der Waals surface area contributed by atoms with E-state index in [4.69, 9.17) is 4.43 Å². The van der Waals surface area contributed by atoms with Gasteiger partial charge in [0.05, 0.1) is 0 Å². The molecule has 1 nitrogen and oxygen atoms in total. The van der Waals surface area contributed by atoms with Crippen molar-refractivity contribution in [3.63, 3.8) is 0 Å². The molecule has 0 aliphatic heterocycles. The van der Waals surface area contributed by atoms with Crippen molar-refractivity contribution in [2.45, 2.75) is 45.7 Å². The first-order valence-electron chi connectivity index (χ1n) is 7.78. The van der Waals surface area contributed by atoms with Crippen LogP contribution in [0.25, 0.3) is 0 Å². The maximum Gasteiger partial charge on any atom is 0.231 e. The minimum Gasteiger partial charge on any atom is -0.412 e. The molecule has 20 heavy (non-hydrogen) atoms. The van der Waals surface area contributed by atoms with Crippen LogP contribution < -0.4 is 5.19 Å². The van der Waals surface area contributed by atoms with Gasteiger partial charge in [0.15, 0.2) is 0 Å². The summed E-state index contributed by atoms with van der Waals surface area (Å²) in [5, 5.41) is 1.41. The van der Waals surface area contributed by atoms with Gasteiger partial charge >= 0.3 is 0 Å². The summed E-state index contributed by atoms with van der Waals surface area (Å²) in [6.07, 6.45) is 11.3. The second-order valence-corrected chi connectivity index (χ2v) is 8.63. The molecule has 0 amide bonds. The normalized spacial score (nSPS) is 12.6. The molecule has 1 aromatic carbocycles. The molecule has 0 N–H and O–H groups in total. The highest BCUT2D eigenvalue weighted by atomic mass is 28.4. The van der Waals surface area contributed by atoms with E-state index in [2.05, 4.69) is 75.4 Å². The quantitative estimate of drug-likeness (QED) is 0.468. The van der Waals surface area contributed by atoms with Crippen LogP contribution >= 0.6 is 0 Å². The summed E-state index contributed by atoms with van der Waals surface area (Å²) < 4.78 is 6.35. The Kier molecular flexibility index (Phi) is 8.24. The fourth-order valence-electron chi connectivity index (χ4n) is 2.42. The van der Waals surface area contributed by atoms with Crippen LogP contribution in [0, 0.1) is 0 Å². The molecule has 0 saturated heterocycles. The van der Waals surface area contributed by atoms with Gasteiger partial charge in [0, 0.05) is 6.61 Å². The van der Waals surface area contributed by atoms with Crippen molar-refractivity contribution < 1.29 is 4.43 Å². The summed E-state index contributed by atoms with van der Waals surface area (Å²) >= 11 is 0. The summed E-state index contributed by atoms with van der Waals surface area (Å²) in [4.78, 5) is 0. The Labute approximate surface area is 125 Å². The molecule has 0 aliphatic carbocycles. The van der Waals surface area contributed by atoms with Crippen molar-refractivity contribution in [3.8, 4) is 0 Å². The van der Waals surface area contributed by atoms with Gasteiger partial charge in [-0.1, -0.05) is 68.5 Å². The molecule has 1 aromatic rings. The van der Waals surface area contributed by atoms with E-state index in [-0.39, 0.29) is 0 Å². The Bertz CT molecular complexity index is 393. The Morgan fingerprint density at radius 3 is 1.85 bits per heavy atom. The van der Waals surface area contributed by atoms with Gasteiger partial charge in [-0.2, -0.15) is 0 Å². The van der Waals surface area contributed by atoms with Crippen molar-refractivity contribution in [1.29, 1.82) is 0 Å². The SMILES string of the molecule is CC/C=C/C[Si](C/C=C/CC)(OCC)c1ccccc1. The first kappa shape index (κ1) is 16.9. The molecule has 0 heterocycles. The zero-order valence-corrected chi connectivity index (χ0v) is 14.1. The Morgan fingerprint density at radius 2 is 1.40 bits per heavy atom. The smallest absolute Gasteiger partial charge is 0.231 e. The van der Waals surface area contributed by atoms with E-state index in [1.807, 2.05) is 0 Å². The first-order chi connectivity index (χ1) is 9.79. The first-order valence-corrected chi connectivity index (χ1v) is 10.1. The highest BCUT2D eigenvalue weighted by Gasteiger charge is 2.34. The Hall–Kier alpha value is -1.12. The minimum atomic E-state index is -1.92. The van der Waals surface area contributed by atoms with Crippen LogP contribution in [0.4, 0.5) is 0 Å². The number of benzene rings is 1. The zero-order chi connectivity index (χ0) is 14.7. The third kappa shape index (κ3) is 5.10. The molecule has 0 aliphatic rings.